The summed E-state index contributed by atoms with van der Waals surface area (Å²) in [5, 5.41) is 4.57. The highest BCUT2D eigenvalue weighted by Crippen LogP contribution is 2.28. The third-order valence-corrected chi connectivity index (χ3v) is 3.42. The molecule has 0 radical (unpaired) electrons. The standard InChI is InChI=1S/C14H12ClN3O2/c15-11-9-17(8-10-4-2-1-3-5-10)16-14(11)18-12(19)6-7-13(18)20/h1-5,9H,6-8H2. The Bertz CT molecular complexity index is 650. The summed E-state index contributed by atoms with van der Waals surface area (Å²) in [7, 11) is 0. The first-order valence-corrected chi connectivity index (χ1v) is 6.65. The van der Waals surface area contributed by atoms with Crippen molar-refractivity contribution in [1.82, 2.24) is 9.78 Å². The van der Waals surface area contributed by atoms with Crippen LogP contribution in [-0.4, -0.2) is 21.6 Å². The summed E-state index contributed by atoms with van der Waals surface area (Å²) >= 11 is 6.09. The van der Waals surface area contributed by atoms with Gasteiger partial charge < -0.3 is 0 Å². The molecular weight excluding hydrogens is 278 g/mol. The minimum Gasteiger partial charge on any atom is -0.274 e. The summed E-state index contributed by atoms with van der Waals surface area (Å²) in [5.74, 6) is -0.265. The van der Waals surface area contributed by atoms with Crippen LogP contribution in [0.15, 0.2) is 36.5 Å². The molecular formula is C14H12ClN3O2. The van der Waals surface area contributed by atoms with Crippen LogP contribution in [-0.2, 0) is 16.1 Å². The van der Waals surface area contributed by atoms with Crippen molar-refractivity contribution >= 4 is 29.2 Å². The van der Waals surface area contributed by atoms with Crippen molar-refractivity contribution in [2.75, 3.05) is 4.90 Å². The zero-order valence-corrected chi connectivity index (χ0v) is 11.4. The zero-order chi connectivity index (χ0) is 14.1. The number of anilines is 1. The summed E-state index contributed by atoms with van der Waals surface area (Å²) in [6.45, 7) is 0.538. The molecule has 0 spiro atoms. The lowest BCUT2D eigenvalue weighted by Gasteiger charge is -2.10. The van der Waals surface area contributed by atoms with Gasteiger partial charge in [0.15, 0.2) is 5.82 Å². The first kappa shape index (κ1) is 12.9. The highest BCUT2D eigenvalue weighted by molar-refractivity contribution is 6.35. The van der Waals surface area contributed by atoms with Gasteiger partial charge in [-0.25, -0.2) is 4.90 Å². The van der Waals surface area contributed by atoms with E-state index in [2.05, 4.69) is 5.10 Å². The fourth-order valence-electron chi connectivity index (χ4n) is 2.20. The quantitative estimate of drug-likeness (QED) is 0.814. The van der Waals surface area contributed by atoms with E-state index in [-0.39, 0.29) is 30.5 Å². The van der Waals surface area contributed by atoms with Crippen LogP contribution < -0.4 is 4.90 Å². The molecule has 2 amide bonds. The molecule has 102 valence electrons. The van der Waals surface area contributed by atoms with Crippen LogP contribution in [0.1, 0.15) is 18.4 Å². The smallest absolute Gasteiger partial charge is 0.235 e. The summed E-state index contributed by atoms with van der Waals surface area (Å²) in [6.07, 6.45) is 2.07. The average Bonchev–Trinajstić information content (AvgIpc) is 2.94. The van der Waals surface area contributed by atoms with Gasteiger partial charge in [-0.15, -0.1) is 0 Å². The number of nitrogens with zero attached hydrogens (tertiary/aromatic N) is 3. The van der Waals surface area contributed by atoms with E-state index in [1.165, 1.54) is 0 Å². The van der Waals surface area contributed by atoms with Gasteiger partial charge >= 0.3 is 0 Å². The molecule has 3 rings (SSSR count). The molecule has 0 aliphatic carbocycles. The number of carbonyl (C=O) groups excluding carboxylic acids is 2. The van der Waals surface area contributed by atoms with E-state index in [0.29, 0.717) is 11.6 Å². The Balaban J connectivity index is 1.88. The minimum absolute atomic E-state index is 0.223. The van der Waals surface area contributed by atoms with Crippen LogP contribution in [0.2, 0.25) is 5.02 Å². The van der Waals surface area contributed by atoms with E-state index in [9.17, 15) is 9.59 Å². The molecule has 1 saturated heterocycles. The van der Waals surface area contributed by atoms with Gasteiger partial charge in [-0.3, -0.25) is 14.3 Å². The van der Waals surface area contributed by atoms with Crippen LogP contribution in [0, 0.1) is 0 Å². The lowest BCUT2D eigenvalue weighted by atomic mass is 10.2. The maximum atomic E-state index is 11.7. The molecule has 0 saturated carbocycles. The predicted octanol–water partition coefficient (Wildman–Crippen LogP) is 2.24. The van der Waals surface area contributed by atoms with Gasteiger partial charge in [0.2, 0.25) is 11.8 Å². The third kappa shape index (κ3) is 2.32. The topological polar surface area (TPSA) is 55.2 Å². The molecule has 1 aromatic heterocycles. The van der Waals surface area contributed by atoms with Crippen molar-refractivity contribution in [3.05, 3.63) is 47.1 Å². The highest BCUT2D eigenvalue weighted by atomic mass is 35.5. The molecule has 2 aromatic rings. The van der Waals surface area contributed by atoms with Crippen LogP contribution >= 0.6 is 11.6 Å². The molecule has 2 heterocycles. The molecule has 1 fully saturated rings. The van der Waals surface area contributed by atoms with E-state index in [4.69, 9.17) is 11.6 Å². The number of aromatic nitrogens is 2. The van der Waals surface area contributed by atoms with Crippen LogP contribution in [0.3, 0.4) is 0 Å². The van der Waals surface area contributed by atoms with Crippen LogP contribution in [0.5, 0.6) is 0 Å². The second-order valence-electron chi connectivity index (χ2n) is 4.61. The largest absolute Gasteiger partial charge is 0.274 e. The van der Waals surface area contributed by atoms with Crippen LogP contribution in [0.4, 0.5) is 5.82 Å². The van der Waals surface area contributed by atoms with Gasteiger partial charge in [-0.05, 0) is 5.56 Å². The normalized spacial score (nSPS) is 15.2. The number of benzene rings is 1. The molecule has 0 bridgehead atoms. The van der Waals surface area contributed by atoms with Gasteiger partial charge in [0.05, 0.1) is 6.54 Å². The first-order valence-electron chi connectivity index (χ1n) is 6.28. The molecule has 0 atom stereocenters. The average molecular weight is 290 g/mol. The third-order valence-electron chi connectivity index (χ3n) is 3.15. The van der Waals surface area contributed by atoms with Crippen molar-refractivity contribution in [1.29, 1.82) is 0 Å². The van der Waals surface area contributed by atoms with Gasteiger partial charge in [0, 0.05) is 19.0 Å². The summed E-state index contributed by atoms with van der Waals surface area (Å²) in [6, 6.07) is 9.76. The predicted molar refractivity (Wildman–Crippen MR) is 74.5 cm³/mol. The monoisotopic (exact) mass is 289 g/mol. The SMILES string of the molecule is O=C1CCC(=O)N1c1nn(Cc2ccccc2)cc1Cl. The summed E-state index contributed by atoms with van der Waals surface area (Å²) < 4.78 is 1.63. The first-order chi connectivity index (χ1) is 9.65. The molecule has 0 N–H and O–H groups in total. The molecule has 1 aliphatic heterocycles. The van der Waals surface area contributed by atoms with Gasteiger partial charge in [0.1, 0.15) is 5.02 Å². The summed E-state index contributed by atoms with van der Waals surface area (Å²) in [5.41, 5.74) is 1.07. The number of hydrogen-bond acceptors (Lipinski definition) is 3. The highest BCUT2D eigenvalue weighted by Gasteiger charge is 2.33. The number of halogens is 1. The number of carbonyl (C=O) groups is 2. The Morgan fingerprint density at radius 2 is 1.75 bits per heavy atom. The lowest BCUT2D eigenvalue weighted by Crippen LogP contribution is -2.29. The van der Waals surface area contributed by atoms with Crippen LogP contribution in [0.25, 0.3) is 0 Å². The van der Waals surface area contributed by atoms with E-state index < -0.39 is 0 Å². The van der Waals surface area contributed by atoms with Crippen molar-refractivity contribution in [2.45, 2.75) is 19.4 Å². The fourth-order valence-corrected chi connectivity index (χ4v) is 2.44. The van der Waals surface area contributed by atoms with E-state index in [0.717, 1.165) is 10.5 Å². The van der Waals surface area contributed by atoms with Crippen molar-refractivity contribution in [3.8, 4) is 0 Å². The molecule has 20 heavy (non-hydrogen) atoms. The van der Waals surface area contributed by atoms with Gasteiger partial charge in [-0.2, -0.15) is 5.10 Å². The molecule has 0 unspecified atom stereocenters. The molecule has 1 aromatic carbocycles. The van der Waals surface area contributed by atoms with Gasteiger partial charge in [-0.1, -0.05) is 41.9 Å². The van der Waals surface area contributed by atoms with Crippen molar-refractivity contribution < 1.29 is 9.59 Å². The lowest BCUT2D eigenvalue weighted by molar-refractivity contribution is -0.121. The zero-order valence-electron chi connectivity index (χ0n) is 10.6. The molecule has 5 nitrogen and oxygen atoms in total. The second kappa shape index (κ2) is 5.09. The second-order valence-corrected chi connectivity index (χ2v) is 5.01. The number of rotatable bonds is 3. The Labute approximate surface area is 120 Å². The Morgan fingerprint density at radius 1 is 1.10 bits per heavy atom. The van der Waals surface area contributed by atoms with Crippen molar-refractivity contribution in [3.63, 3.8) is 0 Å². The van der Waals surface area contributed by atoms with Crippen molar-refractivity contribution in [2.24, 2.45) is 0 Å². The number of hydrogen-bond donors (Lipinski definition) is 0. The Morgan fingerprint density at radius 3 is 2.40 bits per heavy atom. The molecule has 6 heteroatoms. The van der Waals surface area contributed by atoms with E-state index in [1.54, 1.807) is 10.9 Å². The molecule has 1 aliphatic rings. The maximum absolute atomic E-state index is 11.7. The summed E-state index contributed by atoms with van der Waals surface area (Å²) in [4.78, 5) is 24.5. The van der Waals surface area contributed by atoms with E-state index in [1.807, 2.05) is 30.3 Å². The van der Waals surface area contributed by atoms with E-state index >= 15 is 0 Å². The van der Waals surface area contributed by atoms with Gasteiger partial charge in [0.25, 0.3) is 0 Å². The minimum atomic E-state index is -0.248. The maximum Gasteiger partial charge on any atom is 0.235 e. The number of imide groups is 1. The fraction of sp³-hybridized carbons (Fsp3) is 0.214. The Kier molecular flexibility index (Phi) is 3.28. The number of amides is 2. The Hall–Kier alpha value is -2.14.